The fourth-order valence-corrected chi connectivity index (χ4v) is 2.01. The third-order valence-electron chi connectivity index (χ3n) is 1.97. The average molecular weight is 206 g/mol. The van der Waals surface area contributed by atoms with E-state index in [1.165, 1.54) is 11.5 Å². The highest BCUT2D eigenvalue weighted by Gasteiger charge is 2.06. The van der Waals surface area contributed by atoms with Crippen LogP contribution in [0.15, 0.2) is 24.4 Å². The molecule has 14 heavy (non-hydrogen) atoms. The SMILES string of the molecule is COc1cc(-c2cccnc2C)sn1. The molecule has 0 spiro atoms. The van der Waals surface area contributed by atoms with Crippen LogP contribution >= 0.6 is 11.5 Å². The van der Waals surface area contributed by atoms with Gasteiger partial charge in [0, 0.05) is 23.5 Å². The van der Waals surface area contributed by atoms with Crippen LogP contribution in [0, 0.1) is 6.92 Å². The number of methoxy groups -OCH3 is 1. The van der Waals surface area contributed by atoms with Gasteiger partial charge >= 0.3 is 0 Å². The van der Waals surface area contributed by atoms with Crippen LogP contribution in [-0.4, -0.2) is 16.5 Å². The van der Waals surface area contributed by atoms with E-state index in [0.29, 0.717) is 5.88 Å². The van der Waals surface area contributed by atoms with E-state index in [1.54, 1.807) is 13.3 Å². The van der Waals surface area contributed by atoms with Gasteiger partial charge in [0.15, 0.2) is 0 Å². The maximum atomic E-state index is 5.04. The molecule has 3 nitrogen and oxygen atoms in total. The summed E-state index contributed by atoms with van der Waals surface area (Å²) >= 11 is 1.43. The maximum Gasteiger partial charge on any atom is 0.225 e. The standard InChI is InChI=1S/C10H10N2OS/c1-7-8(4-3-5-11-7)9-6-10(13-2)12-14-9/h3-6H,1-2H3. The number of hydrogen-bond donors (Lipinski definition) is 0. The molecule has 0 unspecified atom stereocenters. The Kier molecular flexibility index (Phi) is 2.45. The van der Waals surface area contributed by atoms with E-state index in [4.69, 9.17) is 4.74 Å². The molecule has 72 valence electrons. The molecule has 0 atom stereocenters. The van der Waals surface area contributed by atoms with Crippen LogP contribution in [-0.2, 0) is 0 Å². The van der Waals surface area contributed by atoms with Gasteiger partial charge in [-0.1, -0.05) is 6.07 Å². The minimum atomic E-state index is 0.660. The Morgan fingerprint density at radius 3 is 2.93 bits per heavy atom. The lowest BCUT2D eigenvalue weighted by atomic mass is 10.2. The van der Waals surface area contributed by atoms with Crippen molar-refractivity contribution in [3.63, 3.8) is 0 Å². The molecule has 4 heteroatoms. The van der Waals surface area contributed by atoms with Crippen LogP contribution in [0.4, 0.5) is 0 Å². The van der Waals surface area contributed by atoms with Crippen molar-refractivity contribution in [1.82, 2.24) is 9.36 Å². The molecule has 2 aromatic rings. The van der Waals surface area contributed by atoms with Crippen LogP contribution in [0.3, 0.4) is 0 Å². The second-order valence-electron chi connectivity index (χ2n) is 2.87. The monoisotopic (exact) mass is 206 g/mol. The highest BCUT2D eigenvalue weighted by Crippen LogP contribution is 2.29. The molecule has 0 amide bonds. The molecule has 0 N–H and O–H groups in total. The second kappa shape index (κ2) is 3.75. The summed E-state index contributed by atoms with van der Waals surface area (Å²) in [6.45, 7) is 1.99. The molecule has 0 fully saturated rings. The molecule has 0 radical (unpaired) electrons. The summed E-state index contributed by atoms with van der Waals surface area (Å²) < 4.78 is 9.18. The quantitative estimate of drug-likeness (QED) is 0.757. The van der Waals surface area contributed by atoms with Gasteiger partial charge in [0.25, 0.3) is 0 Å². The molecule has 0 aromatic carbocycles. The van der Waals surface area contributed by atoms with Gasteiger partial charge in [-0.25, -0.2) is 0 Å². The Hall–Kier alpha value is -1.42. The van der Waals surface area contributed by atoms with Crippen LogP contribution < -0.4 is 4.74 Å². The normalized spacial score (nSPS) is 10.1. The van der Waals surface area contributed by atoms with Crippen molar-refractivity contribution in [1.29, 1.82) is 0 Å². The lowest BCUT2D eigenvalue weighted by Gasteiger charge is -1.98. The van der Waals surface area contributed by atoms with Gasteiger partial charge in [0.2, 0.25) is 5.88 Å². The predicted molar refractivity (Wildman–Crippen MR) is 56.6 cm³/mol. The van der Waals surface area contributed by atoms with Crippen LogP contribution in [0.5, 0.6) is 5.88 Å². The highest BCUT2D eigenvalue weighted by atomic mass is 32.1. The first-order valence-corrected chi connectivity index (χ1v) is 5.01. The number of aromatic nitrogens is 2. The maximum absolute atomic E-state index is 5.04. The first-order valence-electron chi connectivity index (χ1n) is 4.24. The van der Waals surface area contributed by atoms with E-state index < -0.39 is 0 Å². The second-order valence-corrected chi connectivity index (χ2v) is 3.67. The molecule has 2 rings (SSSR count). The van der Waals surface area contributed by atoms with Crippen LogP contribution in [0.25, 0.3) is 10.4 Å². The third kappa shape index (κ3) is 1.61. The topological polar surface area (TPSA) is 35.0 Å². The fraction of sp³-hybridized carbons (Fsp3) is 0.200. The summed E-state index contributed by atoms with van der Waals surface area (Å²) in [6, 6.07) is 5.89. The zero-order valence-corrected chi connectivity index (χ0v) is 8.84. The van der Waals surface area contributed by atoms with Gasteiger partial charge in [0.1, 0.15) is 0 Å². The summed E-state index contributed by atoms with van der Waals surface area (Å²) in [5.41, 5.74) is 2.13. The van der Waals surface area contributed by atoms with Gasteiger partial charge < -0.3 is 4.74 Å². The van der Waals surface area contributed by atoms with E-state index in [1.807, 2.05) is 25.1 Å². The summed E-state index contributed by atoms with van der Waals surface area (Å²) in [4.78, 5) is 5.32. The Labute approximate surface area is 86.6 Å². The van der Waals surface area contributed by atoms with Crippen LogP contribution in [0.1, 0.15) is 5.69 Å². The van der Waals surface area contributed by atoms with Gasteiger partial charge in [-0.05, 0) is 24.5 Å². The number of hydrogen-bond acceptors (Lipinski definition) is 4. The molecule has 0 bridgehead atoms. The lowest BCUT2D eigenvalue weighted by molar-refractivity contribution is 0.403. The van der Waals surface area contributed by atoms with Gasteiger partial charge in [-0.2, -0.15) is 4.37 Å². The predicted octanol–water partition coefficient (Wildman–Crippen LogP) is 2.52. The smallest absolute Gasteiger partial charge is 0.225 e. The summed E-state index contributed by atoms with van der Waals surface area (Å²) in [5.74, 6) is 0.660. The van der Waals surface area contributed by atoms with Crippen molar-refractivity contribution >= 4 is 11.5 Å². The summed E-state index contributed by atoms with van der Waals surface area (Å²) in [7, 11) is 1.62. The zero-order valence-electron chi connectivity index (χ0n) is 8.02. The molecule has 2 aromatic heterocycles. The Bertz CT molecular complexity index is 439. The molecule has 0 saturated heterocycles. The fourth-order valence-electron chi connectivity index (χ4n) is 1.23. The van der Waals surface area contributed by atoms with Crippen molar-refractivity contribution in [2.24, 2.45) is 0 Å². The number of pyridine rings is 1. The van der Waals surface area contributed by atoms with Crippen molar-refractivity contribution < 1.29 is 4.74 Å². The van der Waals surface area contributed by atoms with Crippen molar-refractivity contribution in [3.05, 3.63) is 30.1 Å². The minimum Gasteiger partial charge on any atom is -0.480 e. The van der Waals surface area contributed by atoms with Crippen molar-refractivity contribution in [2.75, 3.05) is 7.11 Å². The third-order valence-corrected chi connectivity index (χ3v) is 2.78. The lowest BCUT2D eigenvalue weighted by Crippen LogP contribution is -1.83. The first-order chi connectivity index (χ1) is 6.81. The Balaban J connectivity index is 2.44. The zero-order chi connectivity index (χ0) is 9.97. The van der Waals surface area contributed by atoms with E-state index in [-0.39, 0.29) is 0 Å². The molecule has 0 aliphatic rings. The van der Waals surface area contributed by atoms with Gasteiger partial charge in [-0.15, -0.1) is 0 Å². The van der Waals surface area contributed by atoms with E-state index in [2.05, 4.69) is 9.36 Å². The molecule has 0 aliphatic carbocycles. The number of nitrogens with zero attached hydrogens (tertiary/aromatic N) is 2. The molecular weight excluding hydrogens is 196 g/mol. The number of aryl methyl sites for hydroxylation is 1. The molecule has 0 aliphatic heterocycles. The molecular formula is C10H10N2OS. The summed E-state index contributed by atoms with van der Waals surface area (Å²) in [5, 5.41) is 0. The molecule has 0 saturated carbocycles. The van der Waals surface area contributed by atoms with Gasteiger partial charge in [-0.3, -0.25) is 4.98 Å². The first kappa shape index (κ1) is 9.15. The van der Waals surface area contributed by atoms with E-state index in [9.17, 15) is 0 Å². The van der Waals surface area contributed by atoms with Gasteiger partial charge in [0.05, 0.1) is 12.0 Å². The highest BCUT2D eigenvalue weighted by molar-refractivity contribution is 7.09. The van der Waals surface area contributed by atoms with E-state index in [0.717, 1.165) is 16.1 Å². The Morgan fingerprint density at radius 1 is 1.43 bits per heavy atom. The molecule has 2 heterocycles. The van der Waals surface area contributed by atoms with Crippen molar-refractivity contribution in [2.45, 2.75) is 6.92 Å². The van der Waals surface area contributed by atoms with Crippen molar-refractivity contribution in [3.8, 4) is 16.3 Å². The van der Waals surface area contributed by atoms with Crippen LogP contribution in [0.2, 0.25) is 0 Å². The minimum absolute atomic E-state index is 0.660. The summed E-state index contributed by atoms with van der Waals surface area (Å²) in [6.07, 6.45) is 1.79. The number of rotatable bonds is 2. The largest absolute Gasteiger partial charge is 0.480 e. The average Bonchev–Trinajstić information content (AvgIpc) is 2.67. The Morgan fingerprint density at radius 2 is 2.29 bits per heavy atom. The number of ether oxygens (including phenoxy) is 1. The van der Waals surface area contributed by atoms with E-state index >= 15 is 0 Å².